The Morgan fingerprint density at radius 2 is 1.52 bits per heavy atom. The van der Waals surface area contributed by atoms with Crippen molar-refractivity contribution in [2.45, 2.75) is 6.92 Å². The van der Waals surface area contributed by atoms with Crippen LogP contribution in [0.4, 0.5) is 10.5 Å². The Hall–Kier alpha value is -3.14. The van der Waals surface area contributed by atoms with Gasteiger partial charge in [-0.05, 0) is 42.0 Å². The molecule has 4 heteroatoms. The lowest BCUT2D eigenvalue weighted by Crippen LogP contribution is -2.34. The van der Waals surface area contributed by atoms with E-state index in [9.17, 15) is 9.59 Å². The summed E-state index contributed by atoms with van der Waals surface area (Å²) in [6, 6.07) is 19.9. The van der Waals surface area contributed by atoms with Gasteiger partial charge >= 0.3 is 6.03 Å². The van der Waals surface area contributed by atoms with E-state index in [1.54, 1.807) is 24.3 Å². The number of benzene rings is 3. The number of imide groups is 1. The summed E-state index contributed by atoms with van der Waals surface area (Å²) in [5.41, 5.74) is 2.19. The summed E-state index contributed by atoms with van der Waals surface area (Å²) in [5.74, 6) is -0.430. The second kappa shape index (κ2) is 6.32. The Labute approximate surface area is 134 Å². The van der Waals surface area contributed by atoms with Crippen LogP contribution in [0.15, 0.2) is 66.7 Å². The number of anilines is 1. The smallest absolute Gasteiger partial charge is 0.308 e. The van der Waals surface area contributed by atoms with Crippen LogP contribution in [0, 0.1) is 6.92 Å². The molecule has 0 saturated heterocycles. The monoisotopic (exact) mass is 304 g/mol. The van der Waals surface area contributed by atoms with Crippen molar-refractivity contribution in [2.24, 2.45) is 0 Å². The van der Waals surface area contributed by atoms with Crippen LogP contribution in [0.5, 0.6) is 0 Å². The molecule has 0 fully saturated rings. The maximum absolute atomic E-state index is 12.2. The normalized spacial score (nSPS) is 10.3. The quantitative estimate of drug-likeness (QED) is 0.748. The van der Waals surface area contributed by atoms with Crippen LogP contribution in [0.3, 0.4) is 0 Å². The zero-order valence-electron chi connectivity index (χ0n) is 12.7. The minimum absolute atomic E-state index is 0.430. The third kappa shape index (κ3) is 3.55. The Kier molecular flexibility index (Phi) is 4.06. The van der Waals surface area contributed by atoms with Crippen LogP contribution in [-0.4, -0.2) is 11.9 Å². The molecule has 0 atom stereocenters. The standard InChI is InChI=1S/C19H16N2O2/c1-13-6-10-17(11-7-13)20-19(23)21-18(22)16-9-8-14-4-2-3-5-15(14)12-16/h2-12H,1H3,(H2,20,21,22,23). The number of urea groups is 1. The molecule has 3 amide bonds. The van der Waals surface area contributed by atoms with Crippen molar-refractivity contribution in [3.05, 3.63) is 77.9 Å². The van der Waals surface area contributed by atoms with Crippen LogP contribution in [0.25, 0.3) is 10.8 Å². The number of aryl methyl sites for hydroxylation is 1. The Balaban J connectivity index is 1.69. The first kappa shape index (κ1) is 14.8. The third-order valence-electron chi connectivity index (χ3n) is 3.55. The maximum atomic E-state index is 12.2. The van der Waals surface area contributed by atoms with Crippen molar-refractivity contribution in [2.75, 3.05) is 5.32 Å². The summed E-state index contributed by atoms with van der Waals surface area (Å²) < 4.78 is 0. The molecular formula is C19H16N2O2. The molecule has 0 aromatic heterocycles. The van der Waals surface area contributed by atoms with Gasteiger partial charge in [0.05, 0.1) is 0 Å². The number of fused-ring (bicyclic) bond motifs is 1. The van der Waals surface area contributed by atoms with Crippen molar-refractivity contribution >= 4 is 28.4 Å². The first-order valence-electron chi connectivity index (χ1n) is 7.29. The molecule has 0 heterocycles. The summed E-state index contributed by atoms with van der Waals surface area (Å²) in [6.45, 7) is 1.97. The number of carbonyl (C=O) groups excluding carboxylic acids is 2. The number of amides is 3. The van der Waals surface area contributed by atoms with E-state index in [1.807, 2.05) is 49.4 Å². The molecule has 3 rings (SSSR count). The lowest BCUT2D eigenvalue weighted by atomic mass is 10.1. The first-order chi connectivity index (χ1) is 11.1. The van der Waals surface area contributed by atoms with Gasteiger partial charge in [-0.2, -0.15) is 0 Å². The summed E-state index contributed by atoms with van der Waals surface area (Å²) in [5, 5.41) is 6.98. The van der Waals surface area contributed by atoms with E-state index in [0.717, 1.165) is 16.3 Å². The number of rotatable bonds is 2. The molecule has 4 nitrogen and oxygen atoms in total. The van der Waals surface area contributed by atoms with Crippen LogP contribution < -0.4 is 10.6 Å². The average Bonchev–Trinajstić information content (AvgIpc) is 2.56. The van der Waals surface area contributed by atoms with Crippen LogP contribution in [0.1, 0.15) is 15.9 Å². The van der Waals surface area contributed by atoms with Crippen molar-refractivity contribution in [3.63, 3.8) is 0 Å². The van der Waals surface area contributed by atoms with Gasteiger partial charge in [0.1, 0.15) is 0 Å². The van der Waals surface area contributed by atoms with Gasteiger partial charge in [0.15, 0.2) is 0 Å². The number of hydrogen-bond donors (Lipinski definition) is 2. The number of hydrogen-bond acceptors (Lipinski definition) is 2. The molecule has 0 spiro atoms. The molecule has 0 saturated carbocycles. The largest absolute Gasteiger partial charge is 0.326 e. The van der Waals surface area contributed by atoms with Gasteiger partial charge in [0, 0.05) is 11.3 Å². The van der Waals surface area contributed by atoms with Crippen LogP contribution >= 0.6 is 0 Å². The third-order valence-corrected chi connectivity index (χ3v) is 3.55. The Morgan fingerprint density at radius 1 is 0.826 bits per heavy atom. The highest BCUT2D eigenvalue weighted by Crippen LogP contribution is 2.15. The molecule has 3 aromatic carbocycles. The zero-order valence-corrected chi connectivity index (χ0v) is 12.7. The molecule has 0 radical (unpaired) electrons. The Bertz CT molecular complexity index is 870. The van der Waals surface area contributed by atoms with Gasteiger partial charge in [-0.3, -0.25) is 10.1 Å². The van der Waals surface area contributed by atoms with E-state index in [-0.39, 0.29) is 0 Å². The van der Waals surface area contributed by atoms with Crippen LogP contribution in [-0.2, 0) is 0 Å². The number of nitrogens with one attached hydrogen (secondary N) is 2. The van der Waals surface area contributed by atoms with Gasteiger partial charge in [-0.15, -0.1) is 0 Å². The lowest BCUT2D eigenvalue weighted by molar-refractivity contribution is 0.0967. The number of carbonyl (C=O) groups is 2. The second-order valence-corrected chi connectivity index (χ2v) is 5.34. The minimum Gasteiger partial charge on any atom is -0.308 e. The molecule has 23 heavy (non-hydrogen) atoms. The topological polar surface area (TPSA) is 58.2 Å². The summed E-state index contributed by atoms with van der Waals surface area (Å²) in [7, 11) is 0. The van der Waals surface area contributed by atoms with E-state index in [2.05, 4.69) is 10.6 Å². The SMILES string of the molecule is Cc1ccc(NC(=O)NC(=O)c2ccc3ccccc3c2)cc1. The molecule has 0 aliphatic heterocycles. The van der Waals surface area contributed by atoms with Gasteiger partial charge in [-0.25, -0.2) is 4.79 Å². The fraction of sp³-hybridized carbons (Fsp3) is 0.0526. The van der Waals surface area contributed by atoms with Gasteiger partial charge in [0.2, 0.25) is 0 Å². The summed E-state index contributed by atoms with van der Waals surface area (Å²) in [6.07, 6.45) is 0. The van der Waals surface area contributed by atoms with E-state index in [1.165, 1.54) is 0 Å². The predicted octanol–water partition coefficient (Wildman–Crippen LogP) is 4.11. The minimum atomic E-state index is -0.549. The highest BCUT2D eigenvalue weighted by atomic mass is 16.2. The maximum Gasteiger partial charge on any atom is 0.326 e. The highest BCUT2D eigenvalue weighted by Gasteiger charge is 2.10. The molecule has 0 unspecified atom stereocenters. The van der Waals surface area contributed by atoms with E-state index >= 15 is 0 Å². The van der Waals surface area contributed by atoms with E-state index < -0.39 is 11.9 Å². The van der Waals surface area contributed by atoms with Gasteiger partial charge in [0.25, 0.3) is 5.91 Å². The highest BCUT2D eigenvalue weighted by molar-refractivity contribution is 6.09. The Morgan fingerprint density at radius 3 is 2.26 bits per heavy atom. The fourth-order valence-electron chi connectivity index (χ4n) is 2.31. The van der Waals surface area contributed by atoms with Gasteiger partial charge in [-0.1, -0.05) is 48.0 Å². The average molecular weight is 304 g/mol. The summed E-state index contributed by atoms with van der Waals surface area (Å²) >= 11 is 0. The van der Waals surface area contributed by atoms with Crippen LogP contribution in [0.2, 0.25) is 0 Å². The van der Waals surface area contributed by atoms with E-state index in [0.29, 0.717) is 11.3 Å². The zero-order chi connectivity index (χ0) is 16.2. The van der Waals surface area contributed by atoms with E-state index in [4.69, 9.17) is 0 Å². The van der Waals surface area contributed by atoms with Gasteiger partial charge < -0.3 is 5.32 Å². The van der Waals surface area contributed by atoms with Crippen molar-refractivity contribution in [3.8, 4) is 0 Å². The first-order valence-corrected chi connectivity index (χ1v) is 7.29. The van der Waals surface area contributed by atoms with Crippen molar-refractivity contribution < 1.29 is 9.59 Å². The molecule has 0 aliphatic rings. The van der Waals surface area contributed by atoms with Crippen molar-refractivity contribution in [1.82, 2.24) is 5.32 Å². The molecule has 0 aliphatic carbocycles. The second-order valence-electron chi connectivity index (χ2n) is 5.34. The predicted molar refractivity (Wildman–Crippen MR) is 91.6 cm³/mol. The van der Waals surface area contributed by atoms with Crippen molar-refractivity contribution in [1.29, 1.82) is 0 Å². The molecule has 114 valence electrons. The lowest BCUT2D eigenvalue weighted by Gasteiger charge is -2.07. The molecule has 0 bridgehead atoms. The fourth-order valence-corrected chi connectivity index (χ4v) is 2.31. The summed E-state index contributed by atoms with van der Waals surface area (Å²) in [4.78, 5) is 24.1. The molecule has 2 N–H and O–H groups in total. The molecular weight excluding hydrogens is 288 g/mol. The molecule has 3 aromatic rings.